The first-order valence-corrected chi connectivity index (χ1v) is 15.2. The molecule has 14 heteroatoms. The Bertz CT molecular complexity index is 1760. The maximum absolute atomic E-state index is 13.7. The number of benzene rings is 3. The van der Waals surface area contributed by atoms with E-state index in [1.54, 1.807) is 30.3 Å². The van der Waals surface area contributed by atoms with Gasteiger partial charge in [-0.15, -0.1) is 0 Å². The van der Waals surface area contributed by atoms with Gasteiger partial charge in [0.05, 0.1) is 18.9 Å². The van der Waals surface area contributed by atoms with Crippen LogP contribution in [0.15, 0.2) is 77.7 Å². The molecule has 3 aromatic carbocycles. The number of nitrogens with one attached hydrogen (secondary N) is 2. The highest BCUT2D eigenvalue weighted by Crippen LogP contribution is 2.35. The lowest BCUT2D eigenvalue weighted by Gasteiger charge is -2.26. The summed E-state index contributed by atoms with van der Waals surface area (Å²) in [5.74, 6) is -2.48. The minimum atomic E-state index is -4.22. The maximum Gasteiger partial charge on any atom is 0.356 e. The van der Waals surface area contributed by atoms with Crippen LogP contribution in [0, 0.1) is 12.7 Å². The van der Waals surface area contributed by atoms with Gasteiger partial charge in [0.25, 0.3) is 5.91 Å². The number of para-hydroxylation sites is 1. The van der Waals surface area contributed by atoms with Crippen molar-refractivity contribution in [2.45, 2.75) is 11.8 Å². The fourth-order valence-corrected chi connectivity index (χ4v) is 5.75. The van der Waals surface area contributed by atoms with E-state index in [1.165, 1.54) is 41.9 Å². The van der Waals surface area contributed by atoms with E-state index in [2.05, 4.69) is 20.0 Å². The number of carboxylic acids is 1. The quantitative estimate of drug-likeness (QED) is 0.227. The van der Waals surface area contributed by atoms with Gasteiger partial charge in [0.1, 0.15) is 16.5 Å². The average Bonchev–Trinajstić information content (AvgIpc) is 3.34. The summed E-state index contributed by atoms with van der Waals surface area (Å²) in [6.07, 6.45) is 0. The second-order valence-corrected chi connectivity index (χ2v) is 11.6. The summed E-state index contributed by atoms with van der Waals surface area (Å²) in [4.78, 5) is 26.5. The summed E-state index contributed by atoms with van der Waals surface area (Å²) in [6, 6.07) is 17.6. The molecule has 0 radical (unpaired) electrons. The van der Waals surface area contributed by atoms with Gasteiger partial charge in [0.15, 0.2) is 5.69 Å². The Morgan fingerprint density at radius 1 is 1.05 bits per heavy atom. The molecule has 1 saturated heterocycles. The number of aromatic nitrogens is 2. The number of nitrogens with zero attached hydrogens (tertiary/aromatic N) is 3. The van der Waals surface area contributed by atoms with Crippen molar-refractivity contribution in [3.63, 3.8) is 0 Å². The lowest BCUT2D eigenvalue weighted by molar-refractivity contribution is 0.0390. The number of rotatable bonds is 11. The van der Waals surface area contributed by atoms with E-state index in [0.29, 0.717) is 38.5 Å². The molecule has 1 fully saturated rings. The Balaban J connectivity index is 1.50. The highest BCUT2D eigenvalue weighted by molar-refractivity contribution is 7.89. The number of aromatic carboxylic acids is 1. The molecule has 12 nitrogen and oxygen atoms in total. The SMILES string of the molecule is Cc1c(C(=O)O)nn(-c2ccccc2)c1Oc1ccc(NC(=O)c2ccc(F)cc2)cc1S(=O)(=O)NCCN1CCOCC1. The lowest BCUT2D eigenvalue weighted by Crippen LogP contribution is -2.41. The van der Waals surface area contributed by atoms with Crippen molar-refractivity contribution in [2.24, 2.45) is 0 Å². The van der Waals surface area contributed by atoms with Gasteiger partial charge >= 0.3 is 5.97 Å². The van der Waals surface area contributed by atoms with Gasteiger partial charge < -0.3 is 19.9 Å². The molecule has 1 aromatic heterocycles. The molecular weight excluding hydrogens is 593 g/mol. The van der Waals surface area contributed by atoms with Crippen molar-refractivity contribution in [1.82, 2.24) is 19.4 Å². The van der Waals surface area contributed by atoms with Gasteiger partial charge in [0, 0.05) is 43.0 Å². The van der Waals surface area contributed by atoms with Gasteiger partial charge in [-0.1, -0.05) is 18.2 Å². The van der Waals surface area contributed by atoms with Crippen molar-refractivity contribution in [3.05, 3.63) is 95.4 Å². The summed E-state index contributed by atoms with van der Waals surface area (Å²) in [6.45, 7) is 4.53. The molecule has 4 aromatic rings. The fourth-order valence-electron chi connectivity index (χ4n) is 4.58. The van der Waals surface area contributed by atoms with Crippen molar-refractivity contribution < 1.29 is 37.0 Å². The summed E-state index contributed by atoms with van der Waals surface area (Å²) < 4.78 is 56.1. The minimum absolute atomic E-state index is 0.00136. The van der Waals surface area contributed by atoms with Crippen LogP contribution in [0.25, 0.3) is 5.69 Å². The Hall–Kier alpha value is -4.63. The first-order valence-electron chi connectivity index (χ1n) is 13.7. The second-order valence-electron chi connectivity index (χ2n) is 9.91. The Labute approximate surface area is 253 Å². The Morgan fingerprint density at radius 2 is 1.75 bits per heavy atom. The molecule has 0 bridgehead atoms. The van der Waals surface area contributed by atoms with Crippen molar-refractivity contribution in [3.8, 4) is 17.3 Å². The number of carbonyl (C=O) groups is 2. The highest BCUT2D eigenvalue weighted by atomic mass is 32.2. The van der Waals surface area contributed by atoms with Crippen molar-refractivity contribution >= 4 is 27.6 Å². The third-order valence-electron chi connectivity index (χ3n) is 6.90. The molecule has 1 aliphatic heterocycles. The van der Waals surface area contributed by atoms with E-state index in [0.717, 1.165) is 12.1 Å². The predicted molar refractivity (Wildman–Crippen MR) is 159 cm³/mol. The molecule has 0 aliphatic carbocycles. The van der Waals surface area contributed by atoms with Crippen LogP contribution in [-0.2, 0) is 14.8 Å². The number of ether oxygens (including phenoxy) is 2. The van der Waals surface area contributed by atoms with Crippen LogP contribution in [-0.4, -0.2) is 79.5 Å². The van der Waals surface area contributed by atoms with Crippen LogP contribution < -0.4 is 14.8 Å². The van der Waals surface area contributed by atoms with Gasteiger partial charge in [-0.2, -0.15) is 9.78 Å². The van der Waals surface area contributed by atoms with E-state index in [1.807, 2.05) is 0 Å². The van der Waals surface area contributed by atoms with Crippen LogP contribution >= 0.6 is 0 Å². The van der Waals surface area contributed by atoms with Crippen LogP contribution in [0.2, 0.25) is 0 Å². The van der Waals surface area contributed by atoms with Crippen LogP contribution in [0.4, 0.5) is 10.1 Å². The van der Waals surface area contributed by atoms with Crippen LogP contribution in [0.3, 0.4) is 0 Å². The number of morpholine rings is 1. The van der Waals surface area contributed by atoms with Crippen LogP contribution in [0.5, 0.6) is 11.6 Å². The van der Waals surface area contributed by atoms with Gasteiger partial charge in [-0.25, -0.2) is 22.3 Å². The van der Waals surface area contributed by atoms with Crippen LogP contribution in [0.1, 0.15) is 26.4 Å². The van der Waals surface area contributed by atoms with E-state index >= 15 is 0 Å². The van der Waals surface area contributed by atoms with Gasteiger partial charge in [-0.3, -0.25) is 9.69 Å². The maximum atomic E-state index is 13.7. The molecule has 0 unspecified atom stereocenters. The largest absolute Gasteiger partial charge is 0.476 e. The van der Waals surface area contributed by atoms with E-state index < -0.39 is 27.7 Å². The van der Waals surface area contributed by atoms with Gasteiger partial charge in [-0.05, 0) is 61.5 Å². The predicted octanol–water partition coefficient (Wildman–Crippen LogP) is 3.67. The topological polar surface area (TPSA) is 152 Å². The Morgan fingerprint density at radius 3 is 2.43 bits per heavy atom. The van der Waals surface area contributed by atoms with E-state index in [4.69, 9.17) is 9.47 Å². The number of hydrogen-bond donors (Lipinski definition) is 3. The molecule has 0 atom stereocenters. The normalized spacial score (nSPS) is 13.9. The smallest absolute Gasteiger partial charge is 0.356 e. The minimum Gasteiger partial charge on any atom is -0.476 e. The summed E-state index contributed by atoms with van der Waals surface area (Å²) in [7, 11) is -4.22. The number of carboxylic acid groups (broad SMARTS) is 1. The molecule has 44 heavy (non-hydrogen) atoms. The third kappa shape index (κ3) is 7.11. The number of halogens is 1. The summed E-state index contributed by atoms with van der Waals surface area (Å²) >= 11 is 0. The molecule has 0 saturated carbocycles. The first-order chi connectivity index (χ1) is 21.1. The molecule has 1 amide bonds. The number of carbonyl (C=O) groups excluding carboxylic acids is 1. The number of amides is 1. The van der Waals surface area contributed by atoms with E-state index in [9.17, 15) is 27.5 Å². The number of sulfonamides is 1. The fraction of sp³-hybridized carbons (Fsp3) is 0.233. The lowest BCUT2D eigenvalue weighted by atomic mass is 10.2. The number of hydrogen-bond acceptors (Lipinski definition) is 8. The molecule has 3 N–H and O–H groups in total. The average molecular weight is 624 g/mol. The summed E-state index contributed by atoms with van der Waals surface area (Å²) in [5.41, 5.74) is 0.719. The van der Waals surface area contributed by atoms with Gasteiger partial charge in [0.2, 0.25) is 15.9 Å². The number of anilines is 1. The zero-order valence-corrected chi connectivity index (χ0v) is 24.5. The molecule has 0 spiro atoms. The molecule has 1 aliphatic rings. The third-order valence-corrected chi connectivity index (χ3v) is 8.38. The highest BCUT2D eigenvalue weighted by Gasteiger charge is 2.27. The zero-order chi connectivity index (χ0) is 31.3. The zero-order valence-electron chi connectivity index (χ0n) is 23.7. The monoisotopic (exact) mass is 623 g/mol. The first kappa shape index (κ1) is 30.8. The molecule has 230 valence electrons. The molecule has 5 rings (SSSR count). The summed E-state index contributed by atoms with van der Waals surface area (Å²) in [5, 5.41) is 16.5. The molecular formula is C30H30FN5O7S. The van der Waals surface area contributed by atoms with Crippen molar-refractivity contribution in [1.29, 1.82) is 0 Å². The Kier molecular flexibility index (Phi) is 9.35. The van der Waals surface area contributed by atoms with Crippen molar-refractivity contribution in [2.75, 3.05) is 44.7 Å². The molecule has 2 heterocycles. The second kappa shape index (κ2) is 13.3. The standard InChI is InChI=1S/C30H30FN5O7S/c1-20-27(30(38)39)34-36(24-5-3-2-4-6-24)29(20)43-25-12-11-23(33-28(37)21-7-9-22(31)10-8-21)19-26(25)44(40,41)32-13-14-35-15-17-42-18-16-35/h2-12,19,32H,13-18H2,1H3,(H,33,37)(H,38,39). The van der Waals surface area contributed by atoms with E-state index in [-0.39, 0.29) is 45.6 Å².